The van der Waals surface area contributed by atoms with E-state index in [1.807, 2.05) is 12.1 Å². The highest BCUT2D eigenvalue weighted by Crippen LogP contribution is 2.43. The van der Waals surface area contributed by atoms with Crippen molar-refractivity contribution < 1.29 is 13.6 Å². The monoisotopic (exact) mass is 348 g/mol. The van der Waals surface area contributed by atoms with Gasteiger partial charge in [-0.25, -0.2) is 8.78 Å². The van der Waals surface area contributed by atoms with E-state index in [9.17, 15) is 13.6 Å². The average Bonchev–Trinajstić information content (AvgIpc) is 3.29. The molecule has 2 heterocycles. The minimum Gasteiger partial charge on any atom is -0.340 e. The summed E-state index contributed by atoms with van der Waals surface area (Å²) in [4.78, 5) is 16.6. The molecule has 3 nitrogen and oxygen atoms in total. The first-order chi connectivity index (χ1) is 12.0. The fourth-order valence-electron chi connectivity index (χ4n) is 4.61. The van der Waals surface area contributed by atoms with E-state index in [4.69, 9.17) is 0 Å². The summed E-state index contributed by atoms with van der Waals surface area (Å²) >= 11 is 0. The number of hydrogen-bond donors (Lipinski definition) is 0. The summed E-state index contributed by atoms with van der Waals surface area (Å²) in [6.07, 6.45) is 5.97. The zero-order chi connectivity index (χ0) is 17.5. The molecule has 0 radical (unpaired) electrons. The molecular weight excluding hydrogens is 322 g/mol. The standard InChI is InChI=1S/C20H26F2N2O/c21-17-5-3-16(4-6-17)15-24-13-2-8-19(24)7-1-12-23(14-11-19)18(25)20(22)9-10-20/h3-6H,1-2,7-15H2/t19-/m1/s1. The molecule has 1 amide bonds. The summed E-state index contributed by atoms with van der Waals surface area (Å²) in [6.45, 7) is 3.20. The fraction of sp³-hybridized carbons (Fsp3) is 0.650. The molecule has 1 spiro atoms. The lowest BCUT2D eigenvalue weighted by molar-refractivity contribution is -0.138. The Morgan fingerprint density at radius 2 is 1.64 bits per heavy atom. The summed E-state index contributed by atoms with van der Waals surface area (Å²) in [7, 11) is 0. The van der Waals surface area contributed by atoms with E-state index in [1.165, 1.54) is 12.1 Å². The predicted octanol–water partition coefficient (Wildman–Crippen LogP) is 3.67. The van der Waals surface area contributed by atoms with Crippen LogP contribution < -0.4 is 0 Å². The van der Waals surface area contributed by atoms with Crippen LogP contribution in [0, 0.1) is 5.82 Å². The van der Waals surface area contributed by atoms with E-state index in [0.29, 0.717) is 25.9 Å². The first kappa shape index (κ1) is 17.0. The molecule has 3 fully saturated rings. The number of likely N-dealkylation sites (tertiary alicyclic amines) is 2. The SMILES string of the molecule is O=C(N1CCC[C@@]2(CCCN2Cc2ccc(F)cc2)CC1)C1(F)CC1. The number of carbonyl (C=O) groups excluding carboxylic acids is 1. The van der Waals surface area contributed by atoms with Crippen LogP contribution in [0.15, 0.2) is 24.3 Å². The van der Waals surface area contributed by atoms with Crippen LogP contribution in [0.1, 0.15) is 50.5 Å². The number of benzene rings is 1. The van der Waals surface area contributed by atoms with Crippen molar-refractivity contribution in [2.45, 2.75) is 62.7 Å². The maximum atomic E-state index is 14.1. The molecule has 0 bridgehead atoms. The van der Waals surface area contributed by atoms with Gasteiger partial charge in [0.05, 0.1) is 0 Å². The van der Waals surface area contributed by atoms with Gasteiger partial charge in [-0.3, -0.25) is 9.69 Å². The Bertz CT molecular complexity index is 644. The van der Waals surface area contributed by atoms with E-state index in [0.717, 1.165) is 50.8 Å². The minimum absolute atomic E-state index is 0.108. The molecule has 136 valence electrons. The molecule has 0 N–H and O–H groups in total. The van der Waals surface area contributed by atoms with Crippen molar-refractivity contribution >= 4 is 5.91 Å². The number of halogens is 2. The molecule has 1 atom stereocenters. The van der Waals surface area contributed by atoms with Gasteiger partial charge in [-0.1, -0.05) is 12.1 Å². The Morgan fingerprint density at radius 1 is 0.960 bits per heavy atom. The highest BCUT2D eigenvalue weighted by atomic mass is 19.1. The van der Waals surface area contributed by atoms with Crippen molar-refractivity contribution in [2.24, 2.45) is 0 Å². The third-order valence-electron chi connectivity index (χ3n) is 6.30. The highest BCUT2D eigenvalue weighted by Gasteiger charge is 2.53. The van der Waals surface area contributed by atoms with Gasteiger partial charge in [0.25, 0.3) is 5.91 Å². The van der Waals surface area contributed by atoms with Gasteiger partial charge >= 0.3 is 0 Å². The van der Waals surface area contributed by atoms with Gasteiger partial charge in [0.15, 0.2) is 5.67 Å². The number of nitrogens with zero attached hydrogens (tertiary/aromatic N) is 2. The maximum Gasteiger partial charge on any atom is 0.260 e. The Hall–Kier alpha value is -1.49. The fourth-order valence-corrected chi connectivity index (χ4v) is 4.61. The van der Waals surface area contributed by atoms with Crippen LogP contribution >= 0.6 is 0 Å². The normalized spacial score (nSPS) is 29.0. The van der Waals surface area contributed by atoms with Crippen LogP contribution in [-0.2, 0) is 11.3 Å². The molecule has 1 aromatic carbocycles. The van der Waals surface area contributed by atoms with Crippen molar-refractivity contribution in [3.8, 4) is 0 Å². The van der Waals surface area contributed by atoms with Crippen molar-refractivity contribution in [3.05, 3.63) is 35.6 Å². The summed E-state index contributed by atoms with van der Waals surface area (Å²) in [6, 6.07) is 6.74. The lowest BCUT2D eigenvalue weighted by Gasteiger charge is -2.38. The molecule has 3 aliphatic rings. The lowest BCUT2D eigenvalue weighted by Crippen LogP contribution is -2.45. The van der Waals surface area contributed by atoms with Gasteiger partial charge in [0, 0.05) is 25.2 Å². The van der Waals surface area contributed by atoms with Crippen molar-refractivity contribution in [3.63, 3.8) is 0 Å². The van der Waals surface area contributed by atoms with Crippen LogP contribution in [0.4, 0.5) is 8.78 Å². The number of amides is 1. The summed E-state index contributed by atoms with van der Waals surface area (Å²) < 4.78 is 27.3. The van der Waals surface area contributed by atoms with Crippen molar-refractivity contribution in [1.29, 1.82) is 0 Å². The second kappa shape index (κ2) is 6.35. The van der Waals surface area contributed by atoms with Crippen molar-refractivity contribution in [1.82, 2.24) is 9.80 Å². The summed E-state index contributed by atoms with van der Waals surface area (Å²) in [5, 5.41) is 0. The predicted molar refractivity (Wildman–Crippen MR) is 92.3 cm³/mol. The molecule has 25 heavy (non-hydrogen) atoms. The molecule has 0 aromatic heterocycles. The van der Waals surface area contributed by atoms with Crippen LogP contribution in [-0.4, -0.2) is 46.5 Å². The van der Waals surface area contributed by atoms with Crippen LogP contribution in [0.2, 0.25) is 0 Å². The number of rotatable bonds is 3. The van der Waals surface area contributed by atoms with E-state index in [2.05, 4.69) is 4.90 Å². The Labute approximate surface area is 148 Å². The molecule has 4 rings (SSSR count). The summed E-state index contributed by atoms with van der Waals surface area (Å²) in [5.41, 5.74) is -0.321. The van der Waals surface area contributed by atoms with E-state index < -0.39 is 5.67 Å². The smallest absolute Gasteiger partial charge is 0.260 e. The van der Waals surface area contributed by atoms with Crippen LogP contribution in [0.5, 0.6) is 0 Å². The number of carbonyl (C=O) groups is 1. The quantitative estimate of drug-likeness (QED) is 0.832. The second-order valence-electron chi connectivity index (χ2n) is 7.99. The molecule has 2 aliphatic heterocycles. The maximum absolute atomic E-state index is 14.1. The zero-order valence-corrected chi connectivity index (χ0v) is 14.6. The third-order valence-corrected chi connectivity index (χ3v) is 6.30. The third kappa shape index (κ3) is 3.31. The molecular formula is C20H26F2N2O. The molecule has 1 aromatic rings. The van der Waals surface area contributed by atoms with E-state index in [1.54, 1.807) is 4.90 Å². The minimum atomic E-state index is -1.55. The van der Waals surface area contributed by atoms with Gasteiger partial charge in [-0.2, -0.15) is 0 Å². The van der Waals surface area contributed by atoms with Gasteiger partial charge < -0.3 is 4.90 Å². The van der Waals surface area contributed by atoms with Crippen molar-refractivity contribution in [2.75, 3.05) is 19.6 Å². The highest BCUT2D eigenvalue weighted by molar-refractivity contribution is 5.88. The van der Waals surface area contributed by atoms with Crippen LogP contribution in [0.25, 0.3) is 0 Å². The molecule has 2 saturated heterocycles. The van der Waals surface area contributed by atoms with E-state index in [-0.39, 0.29) is 17.3 Å². The molecule has 1 aliphatic carbocycles. The number of alkyl halides is 1. The van der Waals surface area contributed by atoms with Gasteiger partial charge in [0.2, 0.25) is 0 Å². The largest absolute Gasteiger partial charge is 0.340 e. The zero-order valence-electron chi connectivity index (χ0n) is 14.6. The number of hydrogen-bond acceptors (Lipinski definition) is 2. The Morgan fingerprint density at radius 3 is 2.32 bits per heavy atom. The lowest BCUT2D eigenvalue weighted by atomic mass is 9.87. The molecule has 1 saturated carbocycles. The van der Waals surface area contributed by atoms with Crippen LogP contribution in [0.3, 0.4) is 0 Å². The molecule has 5 heteroatoms. The Kier molecular flexibility index (Phi) is 4.30. The first-order valence-corrected chi connectivity index (χ1v) is 9.49. The molecule has 0 unspecified atom stereocenters. The summed E-state index contributed by atoms with van der Waals surface area (Å²) in [5.74, 6) is -0.489. The first-order valence-electron chi connectivity index (χ1n) is 9.49. The van der Waals surface area contributed by atoms with Gasteiger partial charge in [-0.15, -0.1) is 0 Å². The second-order valence-corrected chi connectivity index (χ2v) is 7.99. The average molecular weight is 348 g/mol. The topological polar surface area (TPSA) is 23.6 Å². The van der Waals surface area contributed by atoms with Gasteiger partial charge in [-0.05, 0) is 69.2 Å². The van der Waals surface area contributed by atoms with Gasteiger partial charge in [0.1, 0.15) is 5.82 Å². The van der Waals surface area contributed by atoms with E-state index >= 15 is 0 Å². The Balaban J connectivity index is 1.44.